The molecule has 3 aromatic carbocycles. The number of fused-ring (bicyclic) bond motifs is 1. The molecule has 0 saturated heterocycles. The first-order valence-electron chi connectivity index (χ1n) is 10.6. The number of likely N-dealkylation sites (N-methyl/N-ethyl adjacent to an activating group) is 1. The van der Waals surface area contributed by atoms with Gasteiger partial charge in [0, 0.05) is 18.6 Å². The van der Waals surface area contributed by atoms with E-state index in [2.05, 4.69) is 0 Å². The smallest absolute Gasteiger partial charge is 0.242 e. The Kier molecular flexibility index (Phi) is 6.47. The highest BCUT2D eigenvalue weighted by Gasteiger charge is 2.21. The molecule has 0 N–H and O–H groups in total. The van der Waals surface area contributed by atoms with E-state index in [1.165, 1.54) is 0 Å². The Hall–Kier alpha value is -3.31. The average molecular weight is 448 g/mol. The van der Waals surface area contributed by atoms with Gasteiger partial charge in [0.25, 0.3) is 0 Å². The fourth-order valence-corrected chi connectivity index (χ4v) is 3.84. The van der Waals surface area contributed by atoms with Gasteiger partial charge in [-0.05, 0) is 55.3 Å². The van der Waals surface area contributed by atoms with E-state index < -0.39 is 0 Å². The number of imidazole rings is 1. The molecule has 1 heterocycles. The van der Waals surface area contributed by atoms with Crippen LogP contribution in [-0.2, 0) is 17.9 Å². The van der Waals surface area contributed by atoms with Gasteiger partial charge in [0.05, 0.1) is 11.0 Å². The molecule has 4 aromatic rings. The van der Waals surface area contributed by atoms with E-state index in [1.807, 2.05) is 98.3 Å². The number of aromatic nitrogens is 2. The second-order valence-corrected chi connectivity index (χ2v) is 8.36. The number of carbonyl (C=O) groups is 1. The molecule has 1 aromatic heterocycles. The highest BCUT2D eigenvalue weighted by atomic mass is 35.5. The van der Waals surface area contributed by atoms with Crippen LogP contribution in [0.5, 0.6) is 5.75 Å². The zero-order valence-electron chi connectivity index (χ0n) is 18.5. The summed E-state index contributed by atoms with van der Waals surface area (Å²) in [7, 11) is 1.82. The van der Waals surface area contributed by atoms with Crippen LogP contribution < -0.4 is 4.74 Å². The molecule has 0 saturated carbocycles. The molecule has 0 spiro atoms. The number of hydrogen-bond acceptors (Lipinski definition) is 3. The first-order valence-corrected chi connectivity index (χ1v) is 11.0. The Balaban J connectivity index is 1.59. The fourth-order valence-electron chi connectivity index (χ4n) is 3.72. The maximum atomic E-state index is 13.1. The van der Waals surface area contributed by atoms with Crippen molar-refractivity contribution in [3.63, 3.8) is 0 Å². The van der Waals surface area contributed by atoms with Crippen molar-refractivity contribution < 1.29 is 9.53 Å². The van der Waals surface area contributed by atoms with E-state index in [0.717, 1.165) is 22.2 Å². The minimum atomic E-state index is -0.352. The van der Waals surface area contributed by atoms with Gasteiger partial charge >= 0.3 is 0 Å². The Morgan fingerprint density at radius 3 is 2.56 bits per heavy atom. The molecule has 0 fully saturated rings. The van der Waals surface area contributed by atoms with Crippen molar-refractivity contribution in [2.24, 2.45) is 0 Å². The molecule has 0 aliphatic carbocycles. The summed E-state index contributed by atoms with van der Waals surface area (Å²) in [6, 6.07) is 23.4. The van der Waals surface area contributed by atoms with Gasteiger partial charge in [-0.2, -0.15) is 0 Å². The molecule has 1 atom stereocenters. The van der Waals surface area contributed by atoms with Crippen molar-refractivity contribution in [1.82, 2.24) is 14.5 Å². The van der Waals surface area contributed by atoms with Crippen molar-refractivity contribution >= 4 is 28.5 Å². The second-order valence-electron chi connectivity index (χ2n) is 7.95. The Bertz CT molecular complexity index is 1240. The predicted molar refractivity (Wildman–Crippen MR) is 128 cm³/mol. The standard InChI is InChI=1S/C26H26ClN3O2/c1-18-15-21(13-14-22(18)27)32-19(2)26-28-23-11-7-8-12-24(23)30(26)17-25(31)29(3)16-20-9-5-4-6-10-20/h4-15,19H,16-17H2,1-3H3. The van der Waals surface area contributed by atoms with E-state index in [1.54, 1.807) is 4.90 Å². The highest BCUT2D eigenvalue weighted by molar-refractivity contribution is 6.31. The molecule has 1 unspecified atom stereocenters. The SMILES string of the molecule is Cc1cc(OC(C)c2nc3ccccc3n2CC(=O)N(C)Cc2ccccc2)ccc1Cl. The molecule has 4 rings (SSSR count). The minimum Gasteiger partial charge on any atom is -0.483 e. The average Bonchev–Trinajstić information content (AvgIpc) is 3.15. The van der Waals surface area contributed by atoms with Crippen LogP contribution >= 0.6 is 11.6 Å². The molecular weight excluding hydrogens is 422 g/mol. The van der Waals surface area contributed by atoms with Crippen LogP contribution in [-0.4, -0.2) is 27.4 Å². The molecule has 164 valence electrons. The minimum absolute atomic E-state index is 0.00722. The van der Waals surface area contributed by atoms with Crippen molar-refractivity contribution in [3.8, 4) is 5.75 Å². The van der Waals surface area contributed by atoms with Gasteiger partial charge in [-0.3, -0.25) is 4.79 Å². The summed E-state index contributed by atoms with van der Waals surface area (Å²) in [5, 5.41) is 0.698. The van der Waals surface area contributed by atoms with E-state index in [4.69, 9.17) is 21.3 Å². The number of ether oxygens (including phenoxy) is 1. The van der Waals surface area contributed by atoms with Crippen molar-refractivity contribution in [1.29, 1.82) is 0 Å². The lowest BCUT2D eigenvalue weighted by atomic mass is 10.2. The molecule has 0 aliphatic rings. The summed E-state index contributed by atoms with van der Waals surface area (Å²) in [6.45, 7) is 4.63. The first-order chi connectivity index (χ1) is 15.4. The number of benzene rings is 3. The summed E-state index contributed by atoms with van der Waals surface area (Å²) in [5.74, 6) is 1.43. The van der Waals surface area contributed by atoms with Gasteiger partial charge in [-0.1, -0.05) is 54.1 Å². The van der Waals surface area contributed by atoms with Crippen LogP contribution in [0.4, 0.5) is 0 Å². The molecular formula is C26H26ClN3O2. The van der Waals surface area contributed by atoms with Gasteiger partial charge in [0.1, 0.15) is 12.3 Å². The molecule has 0 bridgehead atoms. The van der Waals surface area contributed by atoms with E-state index in [-0.39, 0.29) is 18.6 Å². The quantitative estimate of drug-likeness (QED) is 0.360. The largest absolute Gasteiger partial charge is 0.483 e. The van der Waals surface area contributed by atoms with Crippen LogP contribution in [0.1, 0.15) is 30.0 Å². The normalized spacial score (nSPS) is 12.0. The van der Waals surface area contributed by atoms with Crippen LogP contribution in [0.3, 0.4) is 0 Å². The molecule has 32 heavy (non-hydrogen) atoms. The maximum absolute atomic E-state index is 13.1. The van der Waals surface area contributed by atoms with Crippen LogP contribution in [0.25, 0.3) is 11.0 Å². The van der Waals surface area contributed by atoms with Crippen LogP contribution in [0.15, 0.2) is 72.8 Å². The maximum Gasteiger partial charge on any atom is 0.242 e. The van der Waals surface area contributed by atoms with Gasteiger partial charge in [0.15, 0.2) is 11.9 Å². The Morgan fingerprint density at radius 1 is 1.09 bits per heavy atom. The van der Waals surface area contributed by atoms with Gasteiger partial charge in [0.2, 0.25) is 5.91 Å². The number of amides is 1. The number of aryl methyl sites for hydroxylation is 1. The number of para-hydroxylation sites is 2. The molecule has 1 amide bonds. The third kappa shape index (κ3) is 4.78. The molecule has 0 radical (unpaired) electrons. The lowest BCUT2D eigenvalue weighted by molar-refractivity contribution is -0.131. The van der Waals surface area contributed by atoms with E-state index >= 15 is 0 Å². The zero-order valence-corrected chi connectivity index (χ0v) is 19.2. The van der Waals surface area contributed by atoms with Crippen molar-refractivity contribution in [2.45, 2.75) is 33.0 Å². The number of hydrogen-bond donors (Lipinski definition) is 0. The predicted octanol–water partition coefficient (Wildman–Crippen LogP) is 5.80. The van der Waals surface area contributed by atoms with Gasteiger partial charge in [-0.15, -0.1) is 0 Å². The highest BCUT2D eigenvalue weighted by Crippen LogP contribution is 2.28. The summed E-state index contributed by atoms with van der Waals surface area (Å²) < 4.78 is 8.13. The number of nitrogens with zero attached hydrogens (tertiary/aromatic N) is 3. The summed E-state index contributed by atoms with van der Waals surface area (Å²) >= 11 is 6.14. The summed E-state index contributed by atoms with van der Waals surface area (Å²) in [5.41, 5.74) is 3.78. The van der Waals surface area contributed by atoms with Crippen LogP contribution in [0.2, 0.25) is 5.02 Å². The van der Waals surface area contributed by atoms with Crippen LogP contribution in [0, 0.1) is 6.92 Å². The Labute approximate surface area is 193 Å². The second kappa shape index (κ2) is 9.45. The zero-order chi connectivity index (χ0) is 22.7. The monoisotopic (exact) mass is 447 g/mol. The molecule has 6 heteroatoms. The van der Waals surface area contributed by atoms with Gasteiger partial charge < -0.3 is 14.2 Å². The number of halogens is 1. The van der Waals surface area contributed by atoms with E-state index in [9.17, 15) is 4.79 Å². The summed E-state index contributed by atoms with van der Waals surface area (Å²) in [6.07, 6.45) is -0.352. The first kappa shape index (κ1) is 21.9. The number of rotatable bonds is 7. The van der Waals surface area contributed by atoms with E-state index in [0.29, 0.717) is 23.1 Å². The summed E-state index contributed by atoms with van der Waals surface area (Å²) in [4.78, 5) is 19.6. The topological polar surface area (TPSA) is 47.4 Å². The lowest BCUT2D eigenvalue weighted by Crippen LogP contribution is -2.30. The Morgan fingerprint density at radius 2 is 1.81 bits per heavy atom. The third-order valence-electron chi connectivity index (χ3n) is 5.47. The van der Waals surface area contributed by atoms with Crippen molar-refractivity contribution in [2.75, 3.05) is 7.05 Å². The fraction of sp³-hybridized carbons (Fsp3) is 0.231. The molecule has 5 nitrogen and oxygen atoms in total. The number of carbonyl (C=O) groups excluding carboxylic acids is 1. The van der Waals surface area contributed by atoms with Gasteiger partial charge in [-0.25, -0.2) is 4.98 Å². The lowest BCUT2D eigenvalue weighted by Gasteiger charge is -2.21. The van der Waals surface area contributed by atoms with Crippen molar-refractivity contribution in [3.05, 3.63) is 94.8 Å². The molecule has 0 aliphatic heterocycles. The third-order valence-corrected chi connectivity index (χ3v) is 5.90.